The predicted molar refractivity (Wildman–Crippen MR) is 94.0 cm³/mol. The van der Waals surface area contributed by atoms with Gasteiger partial charge in [0.2, 0.25) is 5.91 Å². The minimum atomic E-state index is -0.297. The standard InChI is InChI=1S/C19H22FN3O3/c1-14(15-4-6-16(20)7-5-15)21-18(24)13-22-8-10-23(11-9-22)19(25)17-3-2-12-26-17/h2-7,12,14H,8-11,13H2,1H3,(H,21,24). The Labute approximate surface area is 151 Å². The summed E-state index contributed by atoms with van der Waals surface area (Å²) < 4.78 is 18.1. The van der Waals surface area contributed by atoms with Gasteiger partial charge in [0.1, 0.15) is 5.82 Å². The second-order valence-corrected chi connectivity index (χ2v) is 6.39. The van der Waals surface area contributed by atoms with Crippen LogP contribution < -0.4 is 5.32 Å². The van der Waals surface area contributed by atoms with Crippen molar-refractivity contribution in [1.29, 1.82) is 0 Å². The number of carbonyl (C=O) groups excluding carboxylic acids is 2. The Hall–Kier alpha value is -2.67. The summed E-state index contributed by atoms with van der Waals surface area (Å²) in [5, 5.41) is 2.92. The van der Waals surface area contributed by atoms with Crippen molar-refractivity contribution in [3.05, 3.63) is 59.8 Å². The van der Waals surface area contributed by atoms with Crippen LogP contribution in [0.4, 0.5) is 4.39 Å². The van der Waals surface area contributed by atoms with Gasteiger partial charge in [0.05, 0.1) is 18.8 Å². The first-order chi connectivity index (χ1) is 12.5. The van der Waals surface area contributed by atoms with Gasteiger partial charge in [0.15, 0.2) is 5.76 Å². The zero-order chi connectivity index (χ0) is 18.5. The molecule has 1 aromatic carbocycles. The van der Waals surface area contributed by atoms with Crippen molar-refractivity contribution in [3.63, 3.8) is 0 Å². The fourth-order valence-electron chi connectivity index (χ4n) is 2.99. The van der Waals surface area contributed by atoms with E-state index in [9.17, 15) is 14.0 Å². The number of furan rings is 1. The maximum Gasteiger partial charge on any atom is 0.289 e. The van der Waals surface area contributed by atoms with Crippen LogP contribution in [0, 0.1) is 5.82 Å². The number of halogens is 1. The van der Waals surface area contributed by atoms with Crippen molar-refractivity contribution in [2.75, 3.05) is 32.7 Å². The Kier molecular flexibility index (Phi) is 5.68. The molecule has 1 aliphatic rings. The smallest absolute Gasteiger partial charge is 0.289 e. The van der Waals surface area contributed by atoms with E-state index >= 15 is 0 Å². The molecule has 3 rings (SSSR count). The van der Waals surface area contributed by atoms with Gasteiger partial charge in [-0.3, -0.25) is 14.5 Å². The normalized spacial score (nSPS) is 16.3. The lowest BCUT2D eigenvalue weighted by Gasteiger charge is -2.34. The van der Waals surface area contributed by atoms with Crippen LogP contribution in [0.1, 0.15) is 29.1 Å². The van der Waals surface area contributed by atoms with E-state index in [2.05, 4.69) is 5.32 Å². The summed E-state index contributed by atoms with van der Waals surface area (Å²) in [6.45, 7) is 4.51. The Morgan fingerprint density at radius 1 is 1.15 bits per heavy atom. The van der Waals surface area contributed by atoms with Gasteiger partial charge < -0.3 is 14.6 Å². The lowest BCUT2D eigenvalue weighted by molar-refractivity contribution is -0.123. The number of amides is 2. The zero-order valence-corrected chi connectivity index (χ0v) is 14.7. The van der Waals surface area contributed by atoms with Crippen LogP contribution in [0.25, 0.3) is 0 Å². The van der Waals surface area contributed by atoms with Crippen LogP contribution in [0.3, 0.4) is 0 Å². The fourth-order valence-corrected chi connectivity index (χ4v) is 2.99. The third kappa shape index (κ3) is 4.49. The Morgan fingerprint density at radius 3 is 2.46 bits per heavy atom. The van der Waals surface area contributed by atoms with Gasteiger partial charge in [-0.1, -0.05) is 12.1 Å². The van der Waals surface area contributed by atoms with Crippen LogP contribution in [0.5, 0.6) is 0 Å². The topological polar surface area (TPSA) is 65.8 Å². The van der Waals surface area contributed by atoms with E-state index in [-0.39, 0.29) is 30.2 Å². The molecule has 1 aliphatic heterocycles. The van der Waals surface area contributed by atoms with Crippen molar-refractivity contribution in [2.45, 2.75) is 13.0 Å². The molecule has 2 amide bonds. The van der Waals surface area contributed by atoms with Crippen LogP contribution in [0.2, 0.25) is 0 Å². The van der Waals surface area contributed by atoms with Crippen molar-refractivity contribution in [1.82, 2.24) is 15.1 Å². The van der Waals surface area contributed by atoms with Gasteiger partial charge in [-0.2, -0.15) is 0 Å². The first kappa shape index (κ1) is 18.1. The largest absolute Gasteiger partial charge is 0.459 e. The number of nitrogens with zero attached hydrogens (tertiary/aromatic N) is 2. The Bertz CT molecular complexity index is 738. The quantitative estimate of drug-likeness (QED) is 0.887. The van der Waals surface area contributed by atoms with Gasteiger partial charge in [-0.25, -0.2) is 4.39 Å². The highest BCUT2D eigenvalue weighted by atomic mass is 19.1. The van der Waals surface area contributed by atoms with Crippen molar-refractivity contribution in [2.24, 2.45) is 0 Å². The van der Waals surface area contributed by atoms with Gasteiger partial charge in [0, 0.05) is 26.2 Å². The molecule has 0 saturated carbocycles. The van der Waals surface area contributed by atoms with E-state index in [0.717, 1.165) is 5.56 Å². The number of rotatable bonds is 5. The maximum atomic E-state index is 13.0. The monoisotopic (exact) mass is 359 g/mol. The average molecular weight is 359 g/mol. The first-order valence-corrected chi connectivity index (χ1v) is 8.63. The van der Waals surface area contributed by atoms with Crippen LogP contribution in [0.15, 0.2) is 47.1 Å². The summed E-state index contributed by atoms with van der Waals surface area (Å²) in [4.78, 5) is 28.2. The van der Waals surface area contributed by atoms with E-state index in [1.54, 1.807) is 29.2 Å². The number of hydrogen-bond acceptors (Lipinski definition) is 4. The van der Waals surface area contributed by atoms with E-state index in [4.69, 9.17) is 4.42 Å². The lowest BCUT2D eigenvalue weighted by Crippen LogP contribution is -2.51. The molecular formula is C19H22FN3O3. The highest BCUT2D eigenvalue weighted by molar-refractivity contribution is 5.91. The number of piperazine rings is 1. The molecule has 1 atom stereocenters. The van der Waals surface area contributed by atoms with Crippen LogP contribution in [-0.4, -0.2) is 54.3 Å². The number of hydrogen-bond donors (Lipinski definition) is 1. The molecule has 6 nitrogen and oxygen atoms in total. The van der Waals surface area contributed by atoms with E-state index in [1.807, 2.05) is 11.8 Å². The highest BCUT2D eigenvalue weighted by Gasteiger charge is 2.24. The van der Waals surface area contributed by atoms with Gasteiger partial charge in [-0.05, 0) is 36.8 Å². The van der Waals surface area contributed by atoms with Crippen LogP contribution in [-0.2, 0) is 4.79 Å². The molecule has 1 aromatic heterocycles. The van der Waals surface area contributed by atoms with Gasteiger partial charge in [-0.15, -0.1) is 0 Å². The first-order valence-electron chi connectivity index (χ1n) is 8.63. The average Bonchev–Trinajstić information content (AvgIpc) is 3.17. The van der Waals surface area contributed by atoms with E-state index < -0.39 is 0 Å². The third-order valence-corrected chi connectivity index (χ3v) is 4.51. The summed E-state index contributed by atoms with van der Waals surface area (Å²) in [6.07, 6.45) is 1.48. The van der Waals surface area contributed by atoms with Crippen molar-refractivity contribution < 1.29 is 18.4 Å². The molecule has 138 valence electrons. The summed E-state index contributed by atoms with van der Waals surface area (Å²) in [6, 6.07) is 9.25. The number of benzene rings is 1. The van der Waals surface area contributed by atoms with Crippen molar-refractivity contribution >= 4 is 11.8 Å². The zero-order valence-electron chi connectivity index (χ0n) is 14.7. The second-order valence-electron chi connectivity index (χ2n) is 6.39. The molecule has 0 aliphatic carbocycles. The molecule has 1 fully saturated rings. The molecule has 0 bridgehead atoms. The predicted octanol–water partition coefficient (Wildman–Crippen LogP) is 2.05. The Morgan fingerprint density at radius 2 is 1.85 bits per heavy atom. The Balaban J connectivity index is 1.44. The number of nitrogens with one attached hydrogen (secondary N) is 1. The highest BCUT2D eigenvalue weighted by Crippen LogP contribution is 2.13. The van der Waals surface area contributed by atoms with Crippen LogP contribution >= 0.6 is 0 Å². The molecule has 1 unspecified atom stereocenters. The van der Waals surface area contributed by atoms with Gasteiger partial charge in [0.25, 0.3) is 5.91 Å². The minimum absolute atomic E-state index is 0.0902. The molecule has 1 saturated heterocycles. The third-order valence-electron chi connectivity index (χ3n) is 4.51. The maximum absolute atomic E-state index is 13.0. The summed E-state index contributed by atoms with van der Waals surface area (Å²) in [5.41, 5.74) is 0.855. The molecule has 2 heterocycles. The molecule has 0 spiro atoms. The SMILES string of the molecule is CC(NC(=O)CN1CCN(C(=O)c2ccco2)CC1)c1ccc(F)cc1. The molecular weight excluding hydrogens is 337 g/mol. The van der Waals surface area contributed by atoms with E-state index in [1.165, 1.54) is 18.4 Å². The van der Waals surface area contributed by atoms with E-state index in [0.29, 0.717) is 31.9 Å². The number of carbonyl (C=O) groups is 2. The lowest BCUT2D eigenvalue weighted by atomic mass is 10.1. The molecule has 26 heavy (non-hydrogen) atoms. The van der Waals surface area contributed by atoms with Gasteiger partial charge >= 0.3 is 0 Å². The molecule has 7 heteroatoms. The minimum Gasteiger partial charge on any atom is -0.459 e. The molecule has 0 radical (unpaired) electrons. The second kappa shape index (κ2) is 8.14. The molecule has 1 N–H and O–H groups in total. The summed E-state index contributed by atoms with van der Waals surface area (Å²) in [5.74, 6) is -0.171. The summed E-state index contributed by atoms with van der Waals surface area (Å²) >= 11 is 0. The van der Waals surface area contributed by atoms with Crippen molar-refractivity contribution in [3.8, 4) is 0 Å². The summed E-state index contributed by atoms with van der Waals surface area (Å²) in [7, 11) is 0. The molecule has 2 aromatic rings. The fraction of sp³-hybridized carbons (Fsp3) is 0.368.